The number of nitrogens with zero attached hydrogens (tertiary/aromatic N) is 3. The molecule has 204 valence electrons. The van der Waals surface area contributed by atoms with Crippen molar-refractivity contribution in [2.75, 3.05) is 38.2 Å². The first kappa shape index (κ1) is 26.6. The van der Waals surface area contributed by atoms with E-state index >= 15 is 0 Å². The van der Waals surface area contributed by atoms with Crippen molar-refractivity contribution in [2.24, 2.45) is 11.8 Å². The lowest BCUT2D eigenvalue weighted by Gasteiger charge is -2.38. The van der Waals surface area contributed by atoms with E-state index in [1.807, 2.05) is 63.3 Å². The molecule has 4 aliphatic rings. The van der Waals surface area contributed by atoms with Crippen molar-refractivity contribution in [3.63, 3.8) is 0 Å². The molecule has 5 rings (SSSR count). The quantitative estimate of drug-likeness (QED) is 0.440. The molecule has 0 radical (unpaired) electrons. The summed E-state index contributed by atoms with van der Waals surface area (Å²) < 4.78 is 6.96. The number of hydrogen-bond donors (Lipinski definition) is 1. The number of hydrogen-bond acceptors (Lipinski definition) is 5. The Morgan fingerprint density at radius 1 is 0.974 bits per heavy atom. The van der Waals surface area contributed by atoms with Crippen molar-refractivity contribution in [2.45, 2.75) is 63.7 Å². The first-order valence-corrected chi connectivity index (χ1v) is 13.8. The largest absolute Gasteiger partial charge is 0.396 e. The van der Waals surface area contributed by atoms with Crippen LogP contribution >= 0.6 is 0 Å². The van der Waals surface area contributed by atoms with Crippen LogP contribution < -0.4 is 4.90 Å². The van der Waals surface area contributed by atoms with Gasteiger partial charge in [-0.05, 0) is 56.7 Å². The Balaban J connectivity index is 1.64. The van der Waals surface area contributed by atoms with Crippen LogP contribution in [0.2, 0.25) is 0 Å². The summed E-state index contributed by atoms with van der Waals surface area (Å²) in [5.74, 6) is -2.00. The predicted molar refractivity (Wildman–Crippen MR) is 144 cm³/mol. The van der Waals surface area contributed by atoms with Crippen molar-refractivity contribution in [1.29, 1.82) is 0 Å². The van der Waals surface area contributed by atoms with E-state index in [1.54, 1.807) is 21.7 Å². The van der Waals surface area contributed by atoms with Gasteiger partial charge in [0.15, 0.2) is 0 Å². The number of fused-ring (bicyclic) bond motifs is 2. The number of aryl methyl sites for hydroxylation is 2. The van der Waals surface area contributed by atoms with E-state index in [9.17, 15) is 19.5 Å². The number of unbranched alkanes of at least 4 members (excludes halogenated alkanes) is 2. The average molecular weight is 522 g/mol. The Bertz CT molecular complexity index is 1190. The second kappa shape index (κ2) is 9.97. The second-order valence-corrected chi connectivity index (χ2v) is 11.2. The molecule has 4 heterocycles. The van der Waals surface area contributed by atoms with Gasteiger partial charge in [0.05, 0.1) is 17.4 Å². The molecular formula is C30H39N3O5. The highest BCUT2D eigenvalue weighted by molar-refractivity contribution is 6.06. The van der Waals surface area contributed by atoms with E-state index in [2.05, 4.69) is 0 Å². The minimum atomic E-state index is -1.24. The zero-order valence-electron chi connectivity index (χ0n) is 22.9. The van der Waals surface area contributed by atoms with E-state index in [1.165, 1.54) is 0 Å². The summed E-state index contributed by atoms with van der Waals surface area (Å²) in [6.45, 7) is 7.23. The molecule has 4 aliphatic heterocycles. The zero-order valence-corrected chi connectivity index (χ0v) is 22.9. The van der Waals surface area contributed by atoms with E-state index < -0.39 is 29.1 Å². The number of ether oxygens (including phenoxy) is 1. The molecule has 8 heteroatoms. The minimum Gasteiger partial charge on any atom is -0.396 e. The first-order valence-electron chi connectivity index (χ1n) is 13.8. The van der Waals surface area contributed by atoms with Crippen molar-refractivity contribution in [1.82, 2.24) is 9.80 Å². The fourth-order valence-electron chi connectivity index (χ4n) is 6.92. The molecule has 1 aromatic rings. The molecular weight excluding hydrogens is 482 g/mol. The fraction of sp³-hybridized carbons (Fsp3) is 0.567. The highest BCUT2D eigenvalue weighted by atomic mass is 16.5. The van der Waals surface area contributed by atoms with Gasteiger partial charge in [0.2, 0.25) is 11.8 Å². The van der Waals surface area contributed by atoms with Gasteiger partial charge in [-0.25, -0.2) is 0 Å². The van der Waals surface area contributed by atoms with Gasteiger partial charge in [0, 0.05) is 39.0 Å². The van der Waals surface area contributed by atoms with Gasteiger partial charge >= 0.3 is 0 Å². The Kier molecular flexibility index (Phi) is 6.99. The van der Waals surface area contributed by atoms with Crippen molar-refractivity contribution < 1.29 is 24.2 Å². The Hall–Kier alpha value is -2.97. The number of likely N-dealkylation sites (tertiary alicyclic amines) is 1. The molecule has 5 atom stereocenters. The number of rotatable bonds is 7. The summed E-state index contributed by atoms with van der Waals surface area (Å²) in [5, 5.41) is 9.26. The third kappa shape index (κ3) is 3.92. The summed E-state index contributed by atoms with van der Waals surface area (Å²) in [4.78, 5) is 47.7. The summed E-state index contributed by atoms with van der Waals surface area (Å²) in [5.41, 5.74) is 0.649. The number of anilines is 1. The molecule has 0 aromatic heterocycles. The Morgan fingerprint density at radius 3 is 2.47 bits per heavy atom. The number of amides is 3. The van der Waals surface area contributed by atoms with Crippen LogP contribution in [0.1, 0.15) is 43.7 Å². The highest BCUT2D eigenvalue weighted by Crippen LogP contribution is 2.58. The summed E-state index contributed by atoms with van der Waals surface area (Å²) in [6, 6.07) is 5.16. The number of carbonyl (C=O) groups is 3. The standard InChI is InChI=1S/C30H39N3O5/c1-5-29-13-9-15-31(4)26(35)23(29)24-27(36)33(16-7-6-8-18-34)25-28(37)32(17-10-14-30(24,25)38-29)22-19-20(2)11-12-21(22)3/h9-14,19,23-25,34H,5-8,15-18H2,1-4H3/t23-,24-,25?,29+,30-/m0/s1. The predicted octanol–water partition coefficient (Wildman–Crippen LogP) is 2.76. The third-order valence-electron chi connectivity index (χ3n) is 8.85. The van der Waals surface area contributed by atoms with E-state index in [4.69, 9.17) is 4.74 Å². The van der Waals surface area contributed by atoms with Gasteiger partial charge in [0.1, 0.15) is 11.6 Å². The van der Waals surface area contributed by atoms with Gasteiger partial charge in [-0.2, -0.15) is 0 Å². The third-order valence-corrected chi connectivity index (χ3v) is 8.85. The number of carbonyl (C=O) groups excluding carboxylic acids is 3. The van der Waals surface area contributed by atoms with Gasteiger partial charge in [-0.3, -0.25) is 14.4 Å². The summed E-state index contributed by atoms with van der Waals surface area (Å²) >= 11 is 0. The molecule has 0 saturated carbocycles. The van der Waals surface area contributed by atoms with Gasteiger partial charge in [-0.1, -0.05) is 43.4 Å². The smallest absolute Gasteiger partial charge is 0.253 e. The minimum absolute atomic E-state index is 0.0867. The molecule has 8 nitrogen and oxygen atoms in total. The maximum Gasteiger partial charge on any atom is 0.253 e. The number of benzene rings is 1. The normalized spacial score (nSPS) is 32.4. The monoisotopic (exact) mass is 521 g/mol. The fourth-order valence-corrected chi connectivity index (χ4v) is 6.92. The van der Waals surface area contributed by atoms with Crippen LogP contribution in [0, 0.1) is 25.7 Å². The number of likely N-dealkylation sites (N-methyl/N-ethyl adjacent to an activating group) is 1. The lowest BCUT2D eigenvalue weighted by molar-refractivity contribution is -0.149. The molecule has 1 unspecified atom stereocenters. The van der Waals surface area contributed by atoms with Crippen LogP contribution in [-0.2, 0) is 19.1 Å². The van der Waals surface area contributed by atoms with E-state index in [0.29, 0.717) is 38.9 Å². The Labute approximate surface area is 224 Å². The molecule has 2 saturated heterocycles. The maximum absolute atomic E-state index is 14.5. The first-order chi connectivity index (χ1) is 18.2. The highest BCUT2D eigenvalue weighted by Gasteiger charge is 2.75. The van der Waals surface area contributed by atoms with Crippen LogP contribution in [0.3, 0.4) is 0 Å². The average Bonchev–Trinajstić information content (AvgIpc) is 3.19. The van der Waals surface area contributed by atoms with Gasteiger partial charge in [-0.15, -0.1) is 0 Å². The van der Waals surface area contributed by atoms with Crippen molar-refractivity contribution in [3.8, 4) is 0 Å². The zero-order chi connectivity index (χ0) is 27.2. The topological polar surface area (TPSA) is 90.4 Å². The van der Waals surface area contributed by atoms with Crippen molar-refractivity contribution in [3.05, 3.63) is 53.6 Å². The summed E-state index contributed by atoms with van der Waals surface area (Å²) in [7, 11) is 1.75. The SMILES string of the molecule is CC[C@@]12C=CCN(C)C(=O)[C@@H]1[C@H]1C(=O)N(CCCCCO)C3C(=O)N(c4cc(C)ccc4C)CC=C[C@@]31O2. The molecule has 3 amide bonds. The van der Waals surface area contributed by atoms with Crippen LogP contribution in [0.25, 0.3) is 0 Å². The molecule has 1 N–H and O–H groups in total. The molecule has 38 heavy (non-hydrogen) atoms. The summed E-state index contributed by atoms with van der Waals surface area (Å²) in [6.07, 6.45) is 10.3. The number of aliphatic hydroxyl groups excluding tert-OH is 1. The lowest BCUT2D eigenvalue weighted by Crippen LogP contribution is -2.56. The van der Waals surface area contributed by atoms with E-state index in [-0.39, 0.29) is 24.3 Å². The molecule has 0 bridgehead atoms. The van der Waals surface area contributed by atoms with Crippen LogP contribution in [0.4, 0.5) is 5.69 Å². The maximum atomic E-state index is 14.5. The van der Waals surface area contributed by atoms with Crippen LogP contribution in [-0.4, -0.2) is 83.2 Å². The van der Waals surface area contributed by atoms with Crippen molar-refractivity contribution >= 4 is 23.4 Å². The van der Waals surface area contributed by atoms with Gasteiger partial charge < -0.3 is 24.5 Å². The number of aliphatic hydroxyl groups is 1. The molecule has 1 spiro atoms. The molecule has 1 aromatic carbocycles. The Morgan fingerprint density at radius 2 is 1.74 bits per heavy atom. The van der Waals surface area contributed by atoms with E-state index in [0.717, 1.165) is 23.2 Å². The lowest BCUT2D eigenvalue weighted by atomic mass is 9.73. The molecule has 2 fully saturated rings. The van der Waals surface area contributed by atoms with Gasteiger partial charge in [0.25, 0.3) is 5.91 Å². The molecule has 0 aliphatic carbocycles. The van der Waals surface area contributed by atoms with Crippen LogP contribution in [0.5, 0.6) is 0 Å². The van der Waals surface area contributed by atoms with Crippen LogP contribution in [0.15, 0.2) is 42.5 Å². The second-order valence-electron chi connectivity index (χ2n) is 11.2.